The predicted octanol–water partition coefficient (Wildman–Crippen LogP) is 2.77. The Morgan fingerprint density at radius 3 is 2.40 bits per heavy atom. The molecule has 1 fully saturated rings. The lowest BCUT2D eigenvalue weighted by atomic mass is 10.1. The highest BCUT2D eigenvalue weighted by Gasteiger charge is 2.19. The van der Waals surface area contributed by atoms with E-state index in [1.807, 2.05) is 36.4 Å². The topological polar surface area (TPSA) is 71.9 Å². The molecule has 6 heteroatoms. The first-order valence-corrected chi connectivity index (χ1v) is 8.27. The molecule has 1 saturated heterocycles. The molecule has 0 saturated carbocycles. The van der Waals surface area contributed by atoms with Crippen molar-refractivity contribution in [2.75, 3.05) is 18.0 Å². The Kier molecular flexibility index (Phi) is 4.16. The third kappa shape index (κ3) is 3.38. The molecule has 0 radical (unpaired) electrons. The van der Waals surface area contributed by atoms with E-state index in [1.54, 1.807) is 18.6 Å². The van der Waals surface area contributed by atoms with Crippen LogP contribution in [0, 0.1) is 0 Å². The van der Waals surface area contributed by atoms with Crippen molar-refractivity contribution < 1.29 is 4.79 Å². The first-order valence-electron chi connectivity index (χ1n) is 8.27. The first kappa shape index (κ1) is 15.4. The van der Waals surface area contributed by atoms with E-state index in [1.165, 1.54) is 0 Å². The van der Waals surface area contributed by atoms with Crippen LogP contribution < -0.4 is 4.90 Å². The number of carbonyl (C=O) groups is 1. The van der Waals surface area contributed by atoms with Crippen molar-refractivity contribution in [1.82, 2.24) is 19.9 Å². The summed E-state index contributed by atoms with van der Waals surface area (Å²) < 4.78 is 0. The molecule has 124 valence electrons. The minimum atomic E-state index is 0.310. The van der Waals surface area contributed by atoms with Crippen molar-refractivity contribution in [3.63, 3.8) is 0 Å². The van der Waals surface area contributed by atoms with E-state index >= 15 is 0 Å². The Balaban J connectivity index is 1.79. The molecular weight excluding hydrogens is 314 g/mol. The van der Waals surface area contributed by atoms with Gasteiger partial charge in [0.2, 0.25) is 0 Å². The van der Waals surface area contributed by atoms with Crippen molar-refractivity contribution >= 4 is 11.6 Å². The summed E-state index contributed by atoms with van der Waals surface area (Å²) in [6.45, 7) is 1.38. The van der Waals surface area contributed by atoms with Crippen LogP contribution >= 0.6 is 0 Å². The van der Waals surface area contributed by atoms with Crippen molar-refractivity contribution in [3.8, 4) is 22.8 Å². The zero-order chi connectivity index (χ0) is 17.1. The minimum Gasteiger partial charge on any atom is -0.356 e. The highest BCUT2D eigenvalue weighted by molar-refractivity contribution is 5.81. The van der Waals surface area contributed by atoms with E-state index in [4.69, 9.17) is 4.98 Å². The van der Waals surface area contributed by atoms with Gasteiger partial charge in [0.05, 0.1) is 11.4 Å². The molecular formula is C19H17N5O. The molecule has 0 N–H and O–H groups in total. The van der Waals surface area contributed by atoms with E-state index in [0.29, 0.717) is 37.5 Å². The van der Waals surface area contributed by atoms with Crippen LogP contribution in [-0.2, 0) is 4.79 Å². The maximum Gasteiger partial charge on any atom is 0.162 e. The third-order valence-electron chi connectivity index (χ3n) is 4.22. The van der Waals surface area contributed by atoms with Crippen molar-refractivity contribution in [1.29, 1.82) is 0 Å². The zero-order valence-corrected chi connectivity index (χ0v) is 13.7. The number of nitrogens with zero attached hydrogens (tertiary/aromatic N) is 5. The Bertz CT molecular complexity index is 815. The van der Waals surface area contributed by atoms with Crippen LogP contribution in [0.3, 0.4) is 0 Å². The van der Waals surface area contributed by atoms with Gasteiger partial charge >= 0.3 is 0 Å². The summed E-state index contributed by atoms with van der Waals surface area (Å²) in [5.41, 5.74) is 2.48. The SMILES string of the molecule is O=C1CCN(c2cc(-c3ccccn3)nc(-c3ccncc3)n2)CC1. The summed E-state index contributed by atoms with van der Waals surface area (Å²) in [5.74, 6) is 1.78. The Hall–Kier alpha value is -3.15. The molecule has 25 heavy (non-hydrogen) atoms. The van der Waals surface area contributed by atoms with Gasteiger partial charge in [0.25, 0.3) is 0 Å². The molecule has 0 aromatic carbocycles. The normalized spacial score (nSPS) is 14.6. The Labute approximate surface area is 145 Å². The maximum atomic E-state index is 11.5. The molecule has 1 aliphatic rings. The molecule has 1 aliphatic heterocycles. The second-order valence-corrected chi connectivity index (χ2v) is 5.91. The monoisotopic (exact) mass is 331 g/mol. The van der Waals surface area contributed by atoms with Crippen LogP contribution in [0.15, 0.2) is 55.0 Å². The molecule has 0 amide bonds. The van der Waals surface area contributed by atoms with Gasteiger partial charge in [-0.15, -0.1) is 0 Å². The molecule has 0 aliphatic carbocycles. The van der Waals surface area contributed by atoms with E-state index < -0.39 is 0 Å². The molecule has 0 spiro atoms. The number of anilines is 1. The summed E-state index contributed by atoms with van der Waals surface area (Å²) in [7, 11) is 0. The van der Waals surface area contributed by atoms with E-state index in [0.717, 1.165) is 22.8 Å². The van der Waals surface area contributed by atoms with Crippen LogP contribution in [0.5, 0.6) is 0 Å². The summed E-state index contributed by atoms with van der Waals surface area (Å²) >= 11 is 0. The molecule has 3 aromatic heterocycles. The standard InChI is InChI=1S/C19H17N5O/c25-15-6-11-24(12-7-15)18-13-17(16-3-1-2-8-21-16)22-19(23-18)14-4-9-20-10-5-14/h1-5,8-10,13H,6-7,11-12H2. The van der Waals surface area contributed by atoms with Gasteiger partial charge in [0, 0.05) is 56.2 Å². The Morgan fingerprint density at radius 2 is 1.68 bits per heavy atom. The van der Waals surface area contributed by atoms with Crippen LogP contribution in [0.1, 0.15) is 12.8 Å². The zero-order valence-electron chi connectivity index (χ0n) is 13.7. The van der Waals surface area contributed by atoms with Gasteiger partial charge in [0.1, 0.15) is 11.6 Å². The summed E-state index contributed by atoms with van der Waals surface area (Å²) in [5, 5.41) is 0. The minimum absolute atomic E-state index is 0.310. The number of hydrogen-bond donors (Lipinski definition) is 0. The quantitative estimate of drug-likeness (QED) is 0.735. The molecule has 0 unspecified atom stereocenters. The van der Waals surface area contributed by atoms with Crippen molar-refractivity contribution in [2.24, 2.45) is 0 Å². The average Bonchev–Trinajstić information content (AvgIpc) is 2.69. The van der Waals surface area contributed by atoms with Crippen LogP contribution in [-0.4, -0.2) is 38.8 Å². The van der Waals surface area contributed by atoms with E-state index in [-0.39, 0.29) is 0 Å². The molecule has 6 nitrogen and oxygen atoms in total. The fourth-order valence-corrected chi connectivity index (χ4v) is 2.86. The van der Waals surface area contributed by atoms with Gasteiger partial charge in [-0.3, -0.25) is 14.8 Å². The lowest BCUT2D eigenvalue weighted by Crippen LogP contribution is -2.34. The largest absolute Gasteiger partial charge is 0.356 e. The van der Waals surface area contributed by atoms with E-state index in [9.17, 15) is 4.79 Å². The van der Waals surface area contributed by atoms with Gasteiger partial charge in [-0.1, -0.05) is 6.07 Å². The molecule has 0 bridgehead atoms. The van der Waals surface area contributed by atoms with Crippen molar-refractivity contribution in [2.45, 2.75) is 12.8 Å². The highest BCUT2D eigenvalue weighted by atomic mass is 16.1. The van der Waals surface area contributed by atoms with Gasteiger partial charge in [-0.2, -0.15) is 0 Å². The number of aromatic nitrogens is 4. The van der Waals surface area contributed by atoms with Gasteiger partial charge in [-0.25, -0.2) is 9.97 Å². The second kappa shape index (κ2) is 6.76. The number of ketones is 1. The number of carbonyl (C=O) groups excluding carboxylic acids is 1. The highest BCUT2D eigenvalue weighted by Crippen LogP contribution is 2.26. The van der Waals surface area contributed by atoms with Crippen LogP contribution in [0.2, 0.25) is 0 Å². The molecule has 0 atom stereocenters. The van der Waals surface area contributed by atoms with Crippen molar-refractivity contribution in [3.05, 3.63) is 55.0 Å². The first-order chi connectivity index (χ1) is 12.3. The smallest absolute Gasteiger partial charge is 0.162 e. The van der Waals surface area contributed by atoms with Gasteiger partial charge in [-0.05, 0) is 24.3 Å². The fourth-order valence-electron chi connectivity index (χ4n) is 2.86. The fraction of sp³-hybridized carbons (Fsp3) is 0.211. The number of hydrogen-bond acceptors (Lipinski definition) is 6. The third-order valence-corrected chi connectivity index (χ3v) is 4.22. The van der Waals surface area contributed by atoms with Crippen LogP contribution in [0.4, 0.5) is 5.82 Å². The maximum absolute atomic E-state index is 11.5. The molecule has 4 heterocycles. The summed E-state index contributed by atoms with van der Waals surface area (Å²) in [6, 6.07) is 11.5. The van der Waals surface area contributed by atoms with Gasteiger partial charge < -0.3 is 4.90 Å². The lowest BCUT2D eigenvalue weighted by molar-refractivity contribution is -0.119. The predicted molar refractivity (Wildman–Crippen MR) is 94.9 cm³/mol. The molecule has 3 aromatic rings. The summed E-state index contributed by atoms with van der Waals surface area (Å²) in [4.78, 5) is 31.6. The number of Topliss-reactive ketones (excluding diaryl/α,β-unsaturated/α-hetero) is 1. The van der Waals surface area contributed by atoms with Gasteiger partial charge in [0.15, 0.2) is 5.82 Å². The Morgan fingerprint density at radius 1 is 0.880 bits per heavy atom. The molecule has 4 rings (SSSR count). The average molecular weight is 331 g/mol. The number of piperidine rings is 1. The second-order valence-electron chi connectivity index (χ2n) is 5.91. The van der Waals surface area contributed by atoms with E-state index in [2.05, 4.69) is 19.9 Å². The number of pyridine rings is 2. The summed E-state index contributed by atoms with van der Waals surface area (Å²) in [6.07, 6.45) is 6.33. The number of rotatable bonds is 3. The van der Waals surface area contributed by atoms with Crippen LogP contribution in [0.25, 0.3) is 22.8 Å². The lowest BCUT2D eigenvalue weighted by Gasteiger charge is -2.27.